The number of ether oxygens (including phenoxy) is 1. The van der Waals surface area contributed by atoms with E-state index < -0.39 is 0 Å². The molecule has 8 nitrogen and oxygen atoms in total. The van der Waals surface area contributed by atoms with Crippen LogP contribution in [0.2, 0.25) is 0 Å². The minimum atomic E-state index is 0. The first-order valence-electron chi connectivity index (χ1n) is 10.1. The van der Waals surface area contributed by atoms with Crippen molar-refractivity contribution in [1.82, 2.24) is 30.7 Å². The normalized spacial score (nSPS) is 17.1. The first-order valence-corrected chi connectivity index (χ1v) is 10.1. The number of likely N-dealkylation sites (N-methyl/N-ethyl adjacent to an activating group) is 1. The zero-order valence-electron chi connectivity index (χ0n) is 17.4. The van der Waals surface area contributed by atoms with Gasteiger partial charge in [-0.25, -0.2) is 9.98 Å². The Labute approximate surface area is 189 Å². The van der Waals surface area contributed by atoms with Crippen LogP contribution in [0.5, 0.6) is 5.75 Å². The van der Waals surface area contributed by atoms with Gasteiger partial charge < -0.3 is 15.4 Å². The number of nitrogens with one attached hydrogen (secondary N) is 3. The van der Waals surface area contributed by atoms with E-state index >= 15 is 0 Å². The van der Waals surface area contributed by atoms with Crippen LogP contribution in [0.3, 0.4) is 0 Å². The summed E-state index contributed by atoms with van der Waals surface area (Å²) in [6.45, 7) is 8.77. The van der Waals surface area contributed by atoms with Gasteiger partial charge in [-0.3, -0.25) is 10.00 Å². The average molecular weight is 513 g/mol. The quantitative estimate of drug-likeness (QED) is 0.286. The highest BCUT2D eigenvalue weighted by atomic mass is 127. The van der Waals surface area contributed by atoms with Gasteiger partial charge in [-0.1, -0.05) is 6.92 Å². The maximum absolute atomic E-state index is 5.19. The van der Waals surface area contributed by atoms with E-state index in [1.165, 1.54) is 19.4 Å². The second-order valence-corrected chi connectivity index (χ2v) is 6.83. The van der Waals surface area contributed by atoms with Crippen molar-refractivity contribution in [3.8, 4) is 17.1 Å². The van der Waals surface area contributed by atoms with Gasteiger partial charge in [0.25, 0.3) is 0 Å². The molecule has 1 aromatic heterocycles. The number of hydrogen-bond donors (Lipinski definition) is 3. The van der Waals surface area contributed by atoms with Gasteiger partial charge in [0.15, 0.2) is 11.8 Å². The summed E-state index contributed by atoms with van der Waals surface area (Å²) in [5, 5.41) is 14.1. The van der Waals surface area contributed by atoms with E-state index in [2.05, 4.69) is 49.6 Å². The summed E-state index contributed by atoms with van der Waals surface area (Å²) in [7, 11) is 1.65. The molecule has 2 heterocycles. The number of likely N-dealkylation sites (tertiary alicyclic amines) is 1. The van der Waals surface area contributed by atoms with E-state index in [1.807, 2.05) is 24.3 Å². The van der Waals surface area contributed by atoms with Crippen LogP contribution in [0.4, 0.5) is 0 Å². The fraction of sp³-hybridized carbons (Fsp3) is 0.550. The Morgan fingerprint density at radius 1 is 1.28 bits per heavy atom. The third-order valence-electron chi connectivity index (χ3n) is 5.02. The summed E-state index contributed by atoms with van der Waals surface area (Å²) in [6.07, 6.45) is 2.52. The zero-order chi connectivity index (χ0) is 19.8. The van der Waals surface area contributed by atoms with Crippen molar-refractivity contribution in [2.45, 2.75) is 39.3 Å². The van der Waals surface area contributed by atoms with Crippen molar-refractivity contribution in [2.24, 2.45) is 4.99 Å². The first-order chi connectivity index (χ1) is 13.7. The van der Waals surface area contributed by atoms with Crippen LogP contribution in [-0.2, 0) is 6.54 Å². The van der Waals surface area contributed by atoms with Gasteiger partial charge >= 0.3 is 0 Å². The van der Waals surface area contributed by atoms with Gasteiger partial charge in [-0.05, 0) is 57.1 Å². The summed E-state index contributed by atoms with van der Waals surface area (Å²) >= 11 is 0. The molecule has 9 heteroatoms. The Kier molecular flexibility index (Phi) is 9.65. The number of rotatable bonds is 8. The SMILES string of the molecule is CCNC(=NCc1nc(-c2ccc(OC)cc2)n[nH]1)NCC1CCCN1CC.I. The van der Waals surface area contributed by atoms with Gasteiger partial charge in [0.05, 0.1) is 7.11 Å². The molecule has 3 N–H and O–H groups in total. The van der Waals surface area contributed by atoms with Crippen LogP contribution in [-0.4, -0.2) is 65.4 Å². The average Bonchev–Trinajstić information content (AvgIpc) is 3.39. The maximum atomic E-state index is 5.19. The second kappa shape index (κ2) is 12.0. The standard InChI is InChI=1S/C20H31N7O.HI/c1-4-21-20(22-13-16-7-6-12-27(16)5-2)23-14-18-24-19(26-25-18)15-8-10-17(28-3)11-9-15;/h8-11,16H,4-7,12-14H2,1-3H3,(H2,21,22,23)(H,24,25,26);1H. The summed E-state index contributed by atoms with van der Waals surface area (Å²) in [5.74, 6) is 3.02. The van der Waals surface area contributed by atoms with Gasteiger partial charge in [-0.15, -0.1) is 24.0 Å². The van der Waals surface area contributed by atoms with E-state index in [0.717, 1.165) is 42.7 Å². The van der Waals surface area contributed by atoms with E-state index in [1.54, 1.807) is 7.11 Å². The second-order valence-electron chi connectivity index (χ2n) is 6.83. The van der Waals surface area contributed by atoms with Crippen LogP contribution in [0.25, 0.3) is 11.4 Å². The molecule has 0 radical (unpaired) electrons. The molecular formula is C20H32IN7O. The lowest BCUT2D eigenvalue weighted by Crippen LogP contribution is -2.44. The smallest absolute Gasteiger partial charge is 0.191 e. The molecule has 0 saturated carbocycles. The number of aliphatic imine (C=N–C) groups is 1. The van der Waals surface area contributed by atoms with Gasteiger partial charge in [0, 0.05) is 24.7 Å². The topological polar surface area (TPSA) is 90.5 Å². The Bertz CT molecular complexity index is 762. The number of benzene rings is 1. The lowest BCUT2D eigenvalue weighted by molar-refractivity contribution is 0.267. The highest BCUT2D eigenvalue weighted by molar-refractivity contribution is 14.0. The molecule has 1 aliphatic heterocycles. The Morgan fingerprint density at radius 2 is 2.07 bits per heavy atom. The van der Waals surface area contributed by atoms with E-state index in [-0.39, 0.29) is 24.0 Å². The van der Waals surface area contributed by atoms with E-state index in [9.17, 15) is 0 Å². The lowest BCUT2D eigenvalue weighted by atomic mass is 10.2. The van der Waals surface area contributed by atoms with Crippen molar-refractivity contribution >= 4 is 29.9 Å². The highest BCUT2D eigenvalue weighted by Gasteiger charge is 2.22. The molecule has 29 heavy (non-hydrogen) atoms. The molecule has 1 aromatic carbocycles. The van der Waals surface area contributed by atoms with Gasteiger partial charge in [0.2, 0.25) is 0 Å². The molecule has 1 aliphatic rings. The minimum Gasteiger partial charge on any atom is -0.497 e. The number of nitrogens with zero attached hydrogens (tertiary/aromatic N) is 4. The molecule has 1 saturated heterocycles. The number of methoxy groups -OCH3 is 1. The third kappa shape index (κ3) is 6.56. The largest absolute Gasteiger partial charge is 0.497 e. The summed E-state index contributed by atoms with van der Waals surface area (Å²) in [5.41, 5.74) is 0.943. The van der Waals surface area contributed by atoms with E-state index in [0.29, 0.717) is 18.4 Å². The summed E-state index contributed by atoms with van der Waals surface area (Å²) < 4.78 is 5.19. The zero-order valence-corrected chi connectivity index (χ0v) is 19.8. The first kappa shape index (κ1) is 23.4. The third-order valence-corrected chi connectivity index (χ3v) is 5.02. The molecule has 1 atom stereocenters. The van der Waals surface area contributed by atoms with Crippen LogP contribution in [0, 0.1) is 0 Å². The van der Waals surface area contributed by atoms with Crippen LogP contribution >= 0.6 is 24.0 Å². The number of halogens is 1. The van der Waals surface area contributed by atoms with Crippen molar-refractivity contribution in [3.63, 3.8) is 0 Å². The predicted octanol–water partition coefficient (Wildman–Crippen LogP) is 2.64. The van der Waals surface area contributed by atoms with Crippen LogP contribution in [0.15, 0.2) is 29.3 Å². The van der Waals surface area contributed by atoms with Crippen LogP contribution in [0.1, 0.15) is 32.5 Å². The summed E-state index contributed by atoms with van der Waals surface area (Å²) in [6, 6.07) is 8.28. The van der Waals surface area contributed by atoms with Crippen molar-refractivity contribution < 1.29 is 4.74 Å². The molecule has 2 aromatic rings. The molecule has 0 bridgehead atoms. The molecule has 1 fully saturated rings. The predicted molar refractivity (Wildman–Crippen MR) is 127 cm³/mol. The molecular weight excluding hydrogens is 481 g/mol. The molecule has 0 aliphatic carbocycles. The van der Waals surface area contributed by atoms with Crippen LogP contribution < -0.4 is 15.4 Å². The number of H-pyrrole nitrogens is 1. The molecule has 0 spiro atoms. The fourth-order valence-corrected chi connectivity index (χ4v) is 3.49. The number of guanidine groups is 1. The fourth-order valence-electron chi connectivity index (χ4n) is 3.49. The Hall–Kier alpha value is -1.88. The monoisotopic (exact) mass is 513 g/mol. The molecule has 3 rings (SSSR count). The lowest BCUT2D eigenvalue weighted by Gasteiger charge is -2.23. The van der Waals surface area contributed by atoms with E-state index in [4.69, 9.17) is 4.74 Å². The van der Waals surface area contributed by atoms with Gasteiger partial charge in [-0.2, -0.15) is 5.10 Å². The Balaban J connectivity index is 0.00000300. The Morgan fingerprint density at radius 3 is 2.76 bits per heavy atom. The molecule has 160 valence electrons. The van der Waals surface area contributed by atoms with Crippen molar-refractivity contribution in [3.05, 3.63) is 30.1 Å². The minimum absolute atomic E-state index is 0. The molecule has 1 unspecified atom stereocenters. The van der Waals surface area contributed by atoms with Gasteiger partial charge in [0.1, 0.15) is 18.1 Å². The summed E-state index contributed by atoms with van der Waals surface area (Å²) in [4.78, 5) is 11.7. The molecule has 0 amide bonds. The van der Waals surface area contributed by atoms with Crippen molar-refractivity contribution in [1.29, 1.82) is 0 Å². The number of hydrogen-bond acceptors (Lipinski definition) is 5. The van der Waals surface area contributed by atoms with Crippen molar-refractivity contribution in [2.75, 3.05) is 33.3 Å². The number of aromatic amines is 1. The highest BCUT2D eigenvalue weighted by Crippen LogP contribution is 2.19. The maximum Gasteiger partial charge on any atom is 0.191 e. The number of aromatic nitrogens is 3.